The Kier molecular flexibility index (Phi) is 4.93. The number of halogens is 1. The van der Waals surface area contributed by atoms with E-state index in [4.69, 9.17) is 0 Å². The van der Waals surface area contributed by atoms with Gasteiger partial charge in [-0.05, 0) is 46.3 Å². The van der Waals surface area contributed by atoms with Gasteiger partial charge in [0.15, 0.2) is 0 Å². The minimum Gasteiger partial charge on any atom is -0.320 e. The van der Waals surface area contributed by atoms with Crippen LogP contribution in [-0.4, -0.2) is 18.9 Å². The van der Waals surface area contributed by atoms with Crippen LogP contribution in [0.2, 0.25) is 0 Å². The Hall–Kier alpha value is -1.92. The number of benzene rings is 1. The van der Waals surface area contributed by atoms with Crippen LogP contribution in [0.1, 0.15) is 10.4 Å². The molecule has 0 atom stereocenters. The second kappa shape index (κ2) is 6.69. The lowest BCUT2D eigenvalue weighted by molar-refractivity contribution is -0.113. The van der Waals surface area contributed by atoms with E-state index in [0.717, 1.165) is 10.2 Å². The van der Waals surface area contributed by atoms with E-state index >= 15 is 0 Å². The highest BCUT2D eigenvalue weighted by molar-refractivity contribution is 9.10. The van der Waals surface area contributed by atoms with E-state index in [1.807, 2.05) is 10.8 Å². The number of nitrogens with zero attached hydrogens (tertiary/aromatic N) is 1. The second-order valence-electron chi connectivity index (χ2n) is 4.24. The summed E-state index contributed by atoms with van der Waals surface area (Å²) in [7, 11) is 1.65. The third-order valence-electron chi connectivity index (χ3n) is 2.88. The zero-order chi connectivity index (χ0) is 15.4. The maximum Gasteiger partial charge on any atom is 0.255 e. The lowest BCUT2D eigenvalue weighted by Gasteiger charge is -2.15. The fourth-order valence-electron chi connectivity index (χ4n) is 1.67. The molecule has 0 saturated carbocycles. The highest BCUT2D eigenvalue weighted by atomic mass is 79.9. The number of carbonyl (C=O) groups excluding carboxylic acids is 2. The van der Waals surface area contributed by atoms with Crippen molar-refractivity contribution in [3.8, 4) is 0 Å². The summed E-state index contributed by atoms with van der Waals surface area (Å²) in [4.78, 5) is 25.1. The normalized spacial score (nSPS) is 10.0. The summed E-state index contributed by atoms with van der Waals surface area (Å²) in [6.45, 7) is 3.44. The van der Waals surface area contributed by atoms with Crippen molar-refractivity contribution in [2.45, 2.75) is 0 Å². The summed E-state index contributed by atoms with van der Waals surface area (Å²) < 4.78 is 0.855. The summed E-state index contributed by atoms with van der Waals surface area (Å²) in [5.41, 5.74) is 1.97. The van der Waals surface area contributed by atoms with Crippen LogP contribution in [0.5, 0.6) is 0 Å². The van der Waals surface area contributed by atoms with E-state index in [9.17, 15) is 9.59 Å². The average molecular weight is 365 g/mol. The first-order valence-corrected chi connectivity index (χ1v) is 7.79. The Labute approximate surface area is 135 Å². The summed E-state index contributed by atoms with van der Waals surface area (Å²) in [5.74, 6) is -0.396. The Morgan fingerprint density at radius 1 is 1.29 bits per heavy atom. The molecule has 2 aromatic rings. The van der Waals surface area contributed by atoms with Gasteiger partial charge in [0.25, 0.3) is 5.91 Å². The Morgan fingerprint density at radius 3 is 2.48 bits per heavy atom. The molecule has 0 saturated heterocycles. The number of likely N-dealkylation sites (N-methyl/N-ethyl adjacent to an activating group) is 1. The molecule has 0 aliphatic carbocycles. The van der Waals surface area contributed by atoms with Crippen molar-refractivity contribution in [2.75, 3.05) is 17.3 Å². The maximum atomic E-state index is 12.1. The van der Waals surface area contributed by atoms with Gasteiger partial charge in [0.05, 0.1) is 10.2 Å². The third kappa shape index (κ3) is 3.59. The van der Waals surface area contributed by atoms with E-state index in [1.54, 1.807) is 31.3 Å². The minimum absolute atomic E-state index is 0.196. The van der Waals surface area contributed by atoms with Crippen molar-refractivity contribution in [3.05, 3.63) is 57.7 Å². The van der Waals surface area contributed by atoms with Crippen molar-refractivity contribution in [2.24, 2.45) is 0 Å². The van der Waals surface area contributed by atoms with Crippen LogP contribution in [0.3, 0.4) is 0 Å². The summed E-state index contributed by atoms with van der Waals surface area (Å²) in [6, 6.07) is 6.80. The monoisotopic (exact) mass is 364 g/mol. The molecule has 0 fully saturated rings. The van der Waals surface area contributed by atoms with Crippen LogP contribution >= 0.6 is 27.3 Å². The van der Waals surface area contributed by atoms with E-state index in [2.05, 4.69) is 27.8 Å². The van der Waals surface area contributed by atoms with Gasteiger partial charge in [-0.15, -0.1) is 11.3 Å². The van der Waals surface area contributed by atoms with Gasteiger partial charge in [-0.25, -0.2) is 0 Å². The van der Waals surface area contributed by atoms with E-state index < -0.39 is 0 Å². The lowest BCUT2D eigenvalue weighted by Crippen LogP contribution is -2.23. The van der Waals surface area contributed by atoms with Crippen LogP contribution in [0, 0.1) is 0 Å². The first-order valence-electron chi connectivity index (χ1n) is 6.06. The van der Waals surface area contributed by atoms with Gasteiger partial charge in [0.2, 0.25) is 5.91 Å². The van der Waals surface area contributed by atoms with E-state index in [-0.39, 0.29) is 11.8 Å². The molecule has 1 aromatic carbocycles. The molecular weight excluding hydrogens is 352 g/mol. The van der Waals surface area contributed by atoms with Crippen LogP contribution in [0.4, 0.5) is 11.4 Å². The molecule has 108 valence electrons. The van der Waals surface area contributed by atoms with Crippen molar-refractivity contribution in [3.63, 3.8) is 0 Å². The number of hydrogen-bond donors (Lipinski definition) is 1. The zero-order valence-electron chi connectivity index (χ0n) is 11.3. The molecule has 0 aliphatic rings. The third-order valence-corrected chi connectivity index (χ3v) is 4.59. The molecule has 0 unspecified atom stereocenters. The number of amides is 2. The molecule has 0 spiro atoms. The summed E-state index contributed by atoms with van der Waals surface area (Å²) >= 11 is 4.86. The molecule has 1 heterocycles. The number of carbonyl (C=O) groups is 2. The molecule has 0 bridgehead atoms. The van der Waals surface area contributed by atoms with Crippen LogP contribution in [-0.2, 0) is 4.79 Å². The summed E-state index contributed by atoms with van der Waals surface area (Å²) in [5, 5.41) is 6.57. The minimum atomic E-state index is -0.200. The number of rotatable bonds is 4. The maximum absolute atomic E-state index is 12.1. The Morgan fingerprint density at radius 2 is 1.95 bits per heavy atom. The van der Waals surface area contributed by atoms with Crippen LogP contribution < -0.4 is 10.2 Å². The SMILES string of the molecule is C=CC(=O)N(C)c1ccc(C(=O)Nc2cscc2Br)cc1. The van der Waals surface area contributed by atoms with Gasteiger partial charge >= 0.3 is 0 Å². The first-order chi connectivity index (χ1) is 10.0. The van der Waals surface area contributed by atoms with Crippen molar-refractivity contribution < 1.29 is 9.59 Å². The van der Waals surface area contributed by atoms with Crippen LogP contribution in [0.25, 0.3) is 0 Å². The van der Waals surface area contributed by atoms with Crippen molar-refractivity contribution >= 4 is 50.5 Å². The molecule has 0 radical (unpaired) electrons. The smallest absolute Gasteiger partial charge is 0.255 e. The predicted molar refractivity (Wildman–Crippen MR) is 90.0 cm³/mol. The van der Waals surface area contributed by atoms with Gasteiger partial charge in [0.1, 0.15) is 0 Å². The zero-order valence-corrected chi connectivity index (χ0v) is 13.7. The van der Waals surface area contributed by atoms with Gasteiger partial charge in [0, 0.05) is 29.1 Å². The molecule has 4 nitrogen and oxygen atoms in total. The molecule has 0 aliphatic heterocycles. The number of nitrogens with one attached hydrogen (secondary N) is 1. The van der Waals surface area contributed by atoms with Crippen LogP contribution in [0.15, 0.2) is 52.2 Å². The molecule has 6 heteroatoms. The molecular formula is C15H13BrN2O2S. The Bertz CT molecular complexity index is 679. The molecule has 2 amide bonds. The fourth-order valence-corrected chi connectivity index (χ4v) is 2.99. The van der Waals surface area contributed by atoms with Crippen molar-refractivity contribution in [1.29, 1.82) is 0 Å². The molecule has 2 rings (SSSR count). The quantitative estimate of drug-likeness (QED) is 0.836. The van der Waals surface area contributed by atoms with Gasteiger partial charge in [-0.2, -0.15) is 0 Å². The van der Waals surface area contributed by atoms with Gasteiger partial charge in [-0.1, -0.05) is 6.58 Å². The van der Waals surface area contributed by atoms with Gasteiger partial charge in [-0.3, -0.25) is 9.59 Å². The Balaban J connectivity index is 2.12. The lowest BCUT2D eigenvalue weighted by atomic mass is 10.2. The van der Waals surface area contributed by atoms with Gasteiger partial charge < -0.3 is 10.2 Å². The number of anilines is 2. The molecule has 1 aromatic heterocycles. The molecule has 21 heavy (non-hydrogen) atoms. The van der Waals surface area contributed by atoms with Crippen molar-refractivity contribution in [1.82, 2.24) is 0 Å². The largest absolute Gasteiger partial charge is 0.320 e. The standard InChI is InChI=1S/C15H13BrN2O2S/c1-3-14(19)18(2)11-6-4-10(5-7-11)15(20)17-13-9-21-8-12(13)16/h3-9H,1H2,2H3,(H,17,20). The average Bonchev–Trinajstić information content (AvgIpc) is 2.91. The predicted octanol–water partition coefficient (Wildman–Crippen LogP) is 3.91. The first kappa shape index (κ1) is 15.5. The number of thiophene rings is 1. The van der Waals surface area contributed by atoms with E-state index in [1.165, 1.54) is 22.3 Å². The fraction of sp³-hybridized carbons (Fsp3) is 0.0667. The highest BCUT2D eigenvalue weighted by Gasteiger charge is 2.11. The summed E-state index contributed by atoms with van der Waals surface area (Å²) in [6.07, 6.45) is 1.24. The second-order valence-corrected chi connectivity index (χ2v) is 5.83. The van der Waals surface area contributed by atoms with E-state index in [0.29, 0.717) is 11.3 Å². The highest BCUT2D eigenvalue weighted by Crippen LogP contribution is 2.27. The topological polar surface area (TPSA) is 49.4 Å². The number of hydrogen-bond acceptors (Lipinski definition) is 3. The molecule has 1 N–H and O–H groups in total.